The van der Waals surface area contributed by atoms with E-state index in [1.165, 1.54) is 0 Å². The first-order valence-corrected chi connectivity index (χ1v) is 10.5. The molecule has 0 fully saturated rings. The Morgan fingerprint density at radius 3 is 2.68 bits per heavy atom. The van der Waals surface area contributed by atoms with Crippen LogP contribution in [0.1, 0.15) is 34.5 Å². The summed E-state index contributed by atoms with van der Waals surface area (Å²) in [5.74, 6) is 0.894. The van der Waals surface area contributed by atoms with E-state index < -0.39 is 0 Å². The molecule has 1 amide bonds. The summed E-state index contributed by atoms with van der Waals surface area (Å²) in [6, 6.07) is 14.1. The lowest BCUT2D eigenvalue weighted by molar-refractivity contribution is -0.130. The number of fused-ring (bicyclic) bond motifs is 3. The van der Waals surface area contributed by atoms with Crippen molar-refractivity contribution in [1.82, 2.24) is 19.5 Å². The predicted molar refractivity (Wildman–Crippen MR) is 122 cm³/mol. The molecule has 0 bridgehead atoms. The Bertz CT molecular complexity index is 1280. The molecule has 2 aromatic carbocycles. The van der Waals surface area contributed by atoms with Crippen LogP contribution >= 0.6 is 0 Å². The molecule has 4 aromatic rings. The van der Waals surface area contributed by atoms with Crippen LogP contribution in [0.5, 0.6) is 5.75 Å². The average Bonchev–Trinajstić information content (AvgIpc) is 3.12. The number of aromatic nitrogens is 3. The van der Waals surface area contributed by atoms with Crippen LogP contribution in [0.3, 0.4) is 0 Å². The van der Waals surface area contributed by atoms with E-state index in [9.17, 15) is 4.79 Å². The first kappa shape index (κ1) is 20.8. The van der Waals surface area contributed by atoms with E-state index in [2.05, 4.69) is 13.0 Å². The van der Waals surface area contributed by atoms with Gasteiger partial charge in [0.05, 0.1) is 12.6 Å². The number of benzene rings is 2. The number of hydrogen-bond acceptors (Lipinski definition) is 4. The number of ether oxygens (including phenoxy) is 1. The highest BCUT2D eigenvalue weighted by Crippen LogP contribution is 2.24. The van der Waals surface area contributed by atoms with Crippen molar-refractivity contribution >= 4 is 22.5 Å². The number of hydrogen-bond donors (Lipinski definition) is 0. The van der Waals surface area contributed by atoms with E-state index in [4.69, 9.17) is 14.8 Å². The van der Waals surface area contributed by atoms with Crippen molar-refractivity contribution in [2.45, 2.75) is 40.2 Å². The predicted octanol–water partition coefficient (Wildman–Crippen LogP) is 4.41. The second-order valence-electron chi connectivity index (χ2n) is 8.08. The smallest absolute Gasteiger partial charge is 0.222 e. The number of nitrogens with zero attached hydrogens (tertiary/aromatic N) is 4. The average molecular weight is 417 g/mol. The molecule has 2 aromatic heterocycles. The van der Waals surface area contributed by atoms with Crippen molar-refractivity contribution in [3.05, 3.63) is 70.5 Å². The second-order valence-corrected chi connectivity index (χ2v) is 8.08. The Morgan fingerprint density at radius 2 is 1.90 bits per heavy atom. The highest BCUT2D eigenvalue weighted by Gasteiger charge is 2.17. The molecule has 4 rings (SSSR count). The molecule has 6 nitrogen and oxygen atoms in total. The van der Waals surface area contributed by atoms with E-state index in [1.807, 2.05) is 61.8 Å². The molecule has 0 spiro atoms. The maximum absolute atomic E-state index is 12.9. The second kappa shape index (κ2) is 8.38. The SMILES string of the molecule is COc1ccc(C)cc1CN(C)C(=O)CCc1c(C)nc2c3ccccc3nn2c1C. The quantitative estimate of drug-likeness (QED) is 0.467. The Morgan fingerprint density at radius 1 is 1.13 bits per heavy atom. The van der Waals surface area contributed by atoms with Crippen LogP contribution in [0.4, 0.5) is 0 Å². The number of carbonyl (C=O) groups is 1. The molecule has 0 N–H and O–H groups in total. The Balaban J connectivity index is 1.53. The maximum atomic E-state index is 12.9. The number of amides is 1. The van der Waals surface area contributed by atoms with Gasteiger partial charge in [-0.25, -0.2) is 9.50 Å². The Labute approximate surface area is 182 Å². The van der Waals surface area contributed by atoms with Gasteiger partial charge in [0.1, 0.15) is 5.75 Å². The molecule has 0 atom stereocenters. The zero-order valence-electron chi connectivity index (χ0n) is 18.8. The fourth-order valence-corrected chi connectivity index (χ4v) is 4.14. The van der Waals surface area contributed by atoms with Crippen molar-refractivity contribution in [2.75, 3.05) is 14.2 Å². The summed E-state index contributed by atoms with van der Waals surface area (Å²) in [6.45, 7) is 6.62. The van der Waals surface area contributed by atoms with E-state index in [0.717, 1.165) is 50.4 Å². The molecule has 0 saturated heterocycles. The largest absolute Gasteiger partial charge is 0.496 e. The van der Waals surface area contributed by atoms with Gasteiger partial charge in [0, 0.05) is 42.4 Å². The lowest BCUT2D eigenvalue weighted by Gasteiger charge is -2.20. The normalized spacial score (nSPS) is 11.3. The zero-order valence-corrected chi connectivity index (χ0v) is 18.8. The highest BCUT2D eigenvalue weighted by molar-refractivity contribution is 5.92. The molecule has 0 aliphatic carbocycles. The summed E-state index contributed by atoms with van der Waals surface area (Å²) >= 11 is 0. The fraction of sp³-hybridized carbons (Fsp3) is 0.320. The van der Waals surface area contributed by atoms with Crippen molar-refractivity contribution in [1.29, 1.82) is 0 Å². The van der Waals surface area contributed by atoms with E-state index in [-0.39, 0.29) is 5.91 Å². The molecule has 2 heterocycles. The molecule has 0 saturated carbocycles. The summed E-state index contributed by atoms with van der Waals surface area (Å²) in [4.78, 5) is 19.4. The summed E-state index contributed by atoms with van der Waals surface area (Å²) in [5.41, 5.74) is 7.02. The third kappa shape index (κ3) is 3.98. The summed E-state index contributed by atoms with van der Waals surface area (Å²) in [5, 5.41) is 5.75. The minimum Gasteiger partial charge on any atom is -0.496 e. The van der Waals surface area contributed by atoms with Crippen molar-refractivity contribution < 1.29 is 9.53 Å². The molecular weight excluding hydrogens is 388 g/mol. The van der Waals surface area contributed by atoms with Gasteiger partial charge in [-0.05, 0) is 51.0 Å². The zero-order chi connectivity index (χ0) is 22.1. The van der Waals surface area contributed by atoms with Gasteiger partial charge in [0.15, 0.2) is 5.65 Å². The van der Waals surface area contributed by atoms with Crippen LogP contribution in [0, 0.1) is 20.8 Å². The van der Waals surface area contributed by atoms with Gasteiger partial charge >= 0.3 is 0 Å². The van der Waals surface area contributed by atoms with Crippen molar-refractivity contribution in [3.63, 3.8) is 0 Å². The minimum atomic E-state index is 0.0908. The summed E-state index contributed by atoms with van der Waals surface area (Å²) in [7, 11) is 3.49. The van der Waals surface area contributed by atoms with Crippen LogP contribution in [0.2, 0.25) is 0 Å². The monoisotopic (exact) mass is 416 g/mol. The van der Waals surface area contributed by atoms with Crippen LogP contribution in [0.15, 0.2) is 42.5 Å². The number of rotatable bonds is 6. The first-order valence-electron chi connectivity index (χ1n) is 10.5. The molecular formula is C25H28N4O2. The Kier molecular flexibility index (Phi) is 5.63. The van der Waals surface area contributed by atoms with E-state index in [0.29, 0.717) is 19.4 Å². The van der Waals surface area contributed by atoms with Gasteiger partial charge < -0.3 is 9.64 Å². The third-order valence-electron chi connectivity index (χ3n) is 5.88. The summed E-state index contributed by atoms with van der Waals surface area (Å²) < 4.78 is 7.35. The molecule has 6 heteroatoms. The lowest BCUT2D eigenvalue weighted by atomic mass is 10.1. The topological polar surface area (TPSA) is 59.7 Å². The number of methoxy groups -OCH3 is 1. The maximum Gasteiger partial charge on any atom is 0.222 e. The van der Waals surface area contributed by atoms with Crippen LogP contribution in [-0.4, -0.2) is 39.6 Å². The standard InChI is InChI=1S/C25H28N4O2/c1-16-10-12-23(31-5)19(14-16)15-28(4)24(30)13-11-20-17(2)26-25-21-8-6-7-9-22(21)27-29(25)18(20)3/h6-10,12,14H,11,13,15H2,1-5H3. The van der Waals surface area contributed by atoms with Gasteiger partial charge in [0.2, 0.25) is 5.91 Å². The Hall–Kier alpha value is -3.41. The first-order chi connectivity index (χ1) is 14.9. The summed E-state index contributed by atoms with van der Waals surface area (Å²) in [6.07, 6.45) is 1.05. The molecule has 0 aliphatic rings. The van der Waals surface area contributed by atoms with Gasteiger partial charge in [0.25, 0.3) is 0 Å². The van der Waals surface area contributed by atoms with Gasteiger partial charge in [-0.2, -0.15) is 5.10 Å². The number of aryl methyl sites for hydroxylation is 3. The molecule has 0 radical (unpaired) electrons. The van der Waals surface area contributed by atoms with E-state index >= 15 is 0 Å². The van der Waals surface area contributed by atoms with Crippen LogP contribution in [-0.2, 0) is 17.8 Å². The van der Waals surface area contributed by atoms with Crippen LogP contribution < -0.4 is 4.74 Å². The van der Waals surface area contributed by atoms with E-state index in [1.54, 1.807) is 12.0 Å². The van der Waals surface area contributed by atoms with Gasteiger partial charge in [-0.3, -0.25) is 4.79 Å². The minimum absolute atomic E-state index is 0.0908. The lowest BCUT2D eigenvalue weighted by Crippen LogP contribution is -2.27. The van der Waals surface area contributed by atoms with Crippen molar-refractivity contribution in [2.24, 2.45) is 0 Å². The molecule has 0 aliphatic heterocycles. The molecule has 160 valence electrons. The molecule has 0 unspecified atom stereocenters. The molecule has 31 heavy (non-hydrogen) atoms. The fourth-order valence-electron chi connectivity index (χ4n) is 4.14. The van der Waals surface area contributed by atoms with Gasteiger partial charge in [-0.15, -0.1) is 0 Å². The van der Waals surface area contributed by atoms with Gasteiger partial charge in [-0.1, -0.05) is 29.8 Å². The van der Waals surface area contributed by atoms with Crippen LogP contribution in [0.25, 0.3) is 16.6 Å². The third-order valence-corrected chi connectivity index (χ3v) is 5.88. The van der Waals surface area contributed by atoms with Crippen molar-refractivity contribution in [3.8, 4) is 5.75 Å². The number of carbonyl (C=O) groups excluding carboxylic acids is 1. The highest BCUT2D eigenvalue weighted by atomic mass is 16.5.